The Morgan fingerprint density at radius 3 is 2.76 bits per heavy atom. The lowest BCUT2D eigenvalue weighted by Crippen LogP contribution is -2.30. The average molecular weight is 310 g/mol. The minimum absolute atomic E-state index is 0.0464. The first kappa shape index (κ1) is 16.4. The Labute approximate surface area is 131 Å². The predicted molar refractivity (Wildman–Crippen MR) is 85.4 cm³/mol. The van der Waals surface area contributed by atoms with E-state index in [1.807, 2.05) is 0 Å². The third-order valence-electron chi connectivity index (χ3n) is 4.01. The van der Waals surface area contributed by atoms with Crippen LogP contribution >= 0.6 is 11.3 Å². The van der Waals surface area contributed by atoms with Crippen molar-refractivity contribution in [1.82, 2.24) is 10.3 Å². The molecule has 0 spiro atoms. The van der Waals surface area contributed by atoms with E-state index in [1.54, 1.807) is 11.3 Å². The maximum Gasteiger partial charge on any atom is 0.246 e. The van der Waals surface area contributed by atoms with Crippen LogP contribution < -0.4 is 5.32 Å². The van der Waals surface area contributed by atoms with Gasteiger partial charge in [-0.3, -0.25) is 4.79 Å². The second-order valence-corrected chi connectivity index (χ2v) is 7.23. The molecular formula is C16H26N2O2S. The summed E-state index contributed by atoms with van der Waals surface area (Å²) in [6.45, 7) is 7.19. The van der Waals surface area contributed by atoms with Crippen LogP contribution in [0.1, 0.15) is 63.1 Å². The summed E-state index contributed by atoms with van der Waals surface area (Å²) in [6, 6.07) is 0. The SMILES string of the molecule is CC1CCC(OCC(=O)NCc2nc(C(C)C)cs2)CC1. The van der Waals surface area contributed by atoms with Crippen molar-refractivity contribution in [3.63, 3.8) is 0 Å². The zero-order valence-corrected chi connectivity index (χ0v) is 14.0. The number of hydrogen-bond donors (Lipinski definition) is 1. The molecule has 0 aliphatic heterocycles. The largest absolute Gasteiger partial charge is 0.368 e. The molecule has 1 aromatic rings. The Morgan fingerprint density at radius 2 is 2.14 bits per heavy atom. The van der Waals surface area contributed by atoms with Crippen molar-refractivity contribution in [2.24, 2.45) is 5.92 Å². The Bertz CT molecular complexity index is 451. The lowest BCUT2D eigenvalue weighted by molar-refractivity contribution is -0.128. The van der Waals surface area contributed by atoms with Crippen molar-refractivity contribution in [1.29, 1.82) is 0 Å². The number of hydrogen-bond acceptors (Lipinski definition) is 4. The second kappa shape index (κ2) is 7.90. The van der Waals surface area contributed by atoms with E-state index < -0.39 is 0 Å². The summed E-state index contributed by atoms with van der Waals surface area (Å²) in [4.78, 5) is 16.3. The van der Waals surface area contributed by atoms with Gasteiger partial charge in [-0.15, -0.1) is 11.3 Å². The molecule has 1 fully saturated rings. The maximum atomic E-state index is 11.8. The number of amides is 1. The van der Waals surface area contributed by atoms with Crippen molar-refractivity contribution in [3.8, 4) is 0 Å². The molecule has 1 aliphatic carbocycles. The number of carbonyl (C=O) groups excluding carboxylic acids is 1. The molecule has 1 heterocycles. The number of ether oxygens (including phenoxy) is 1. The molecule has 1 aromatic heterocycles. The molecule has 1 aliphatic rings. The molecule has 21 heavy (non-hydrogen) atoms. The van der Waals surface area contributed by atoms with E-state index in [1.165, 1.54) is 12.8 Å². The molecular weight excluding hydrogens is 284 g/mol. The van der Waals surface area contributed by atoms with Gasteiger partial charge in [0.25, 0.3) is 0 Å². The molecule has 1 saturated carbocycles. The summed E-state index contributed by atoms with van der Waals surface area (Å²) < 4.78 is 5.70. The summed E-state index contributed by atoms with van der Waals surface area (Å²) in [6.07, 6.45) is 4.85. The van der Waals surface area contributed by atoms with Gasteiger partial charge >= 0.3 is 0 Å². The zero-order valence-electron chi connectivity index (χ0n) is 13.2. The van der Waals surface area contributed by atoms with Gasteiger partial charge in [-0.1, -0.05) is 20.8 Å². The maximum absolute atomic E-state index is 11.8. The third kappa shape index (κ3) is 5.40. The Balaban J connectivity index is 1.65. The Morgan fingerprint density at radius 1 is 1.43 bits per heavy atom. The topological polar surface area (TPSA) is 51.2 Å². The number of rotatable bonds is 6. The normalized spacial score (nSPS) is 22.5. The fraction of sp³-hybridized carbons (Fsp3) is 0.750. The van der Waals surface area contributed by atoms with Crippen LogP contribution in [-0.4, -0.2) is 23.6 Å². The van der Waals surface area contributed by atoms with Crippen molar-refractivity contribution in [2.45, 2.75) is 65.0 Å². The smallest absolute Gasteiger partial charge is 0.246 e. The molecule has 1 N–H and O–H groups in total. The number of carbonyl (C=O) groups is 1. The molecule has 4 nitrogen and oxygen atoms in total. The van der Waals surface area contributed by atoms with Crippen LogP contribution in [0.15, 0.2) is 5.38 Å². The summed E-state index contributed by atoms with van der Waals surface area (Å²) in [5.41, 5.74) is 1.09. The van der Waals surface area contributed by atoms with Gasteiger partial charge in [0.2, 0.25) is 5.91 Å². The van der Waals surface area contributed by atoms with Gasteiger partial charge in [-0.2, -0.15) is 0 Å². The summed E-state index contributed by atoms with van der Waals surface area (Å²) in [5.74, 6) is 1.19. The summed E-state index contributed by atoms with van der Waals surface area (Å²) in [7, 11) is 0. The van der Waals surface area contributed by atoms with Crippen LogP contribution in [-0.2, 0) is 16.1 Å². The van der Waals surface area contributed by atoms with Crippen molar-refractivity contribution in [2.75, 3.05) is 6.61 Å². The average Bonchev–Trinajstić information content (AvgIpc) is 2.93. The molecule has 2 rings (SSSR count). The lowest BCUT2D eigenvalue weighted by atomic mass is 9.89. The van der Waals surface area contributed by atoms with E-state index in [0.29, 0.717) is 12.5 Å². The molecule has 5 heteroatoms. The van der Waals surface area contributed by atoms with E-state index in [0.717, 1.165) is 29.5 Å². The van der Waals surface area contributed by atoms with Crippen molar-refractivity contribution in [3.05, 3.63) is 16.1 Å². The van der Waals surface area contributed by atoms with Gasteiger partial charge in [0.1, 0.15) is 11.6 Å². The standard InChI is InChI=1S/C16H26N2O2S/c1-11(2)14-10-21-16(18-14)8-17-15(19)9-20-13-6-4-12(3)5-7-13/h10-13H,4-9H2,1-3H3,(H,17,19). The third-order valence-corrected chi connectivity index (χ3v) is 4.88. The Kier molecular flexibility index (Phi) is 6.18. The van der Waals surface area contributed by atoms with Gasteiger partial charge in [0.15, 0.2) is 0 Å². The first-order chi connectivity index (χ1) is 10.0. The number of aromatic nitrogens is 1. The van der Waals surface area contributed by atoms with Crippen LogP contribution in [0.2, 0.25) is 0 Å². The van der Waals surface area contributed by atoms with E-state index in [2.05, 4.69) is 36.5 Å². The van der Waals surface area contributed by atoms with Crippen LogP contribution in [0.25, 0.3) is 0 Å². The van der Waals surface area contributed by atoms with Crippen molar-refractivity contribution >= 4 is 17.2 Å². The fourth-order valence-electron chi connectivity index (χ4n) is 2.49. The minimum Gasteiger partial charge on any atom is -0.368 e. The fourth-order valence-corrected chi connectivity index (χ4v) is 3.38. The van der Waals surface area contributed by atoms with Gasteiger partial charge < -0.3 is 10.1 Å². The van der Waals surface area contributed by atoms with Gasteiger partial charge in [-0.05, 0) is 37.5 Å². The van der Waals surface area contributed by atoms with Gasteiger partial charge in [0.05, 0.1) is 18.3 Å². The quantitative estimate of drug-likeness (QED) is 0.875. The molecule has 1 amide bonds. The van der Waals surface area contributed by atoms with Crippen LogP contribution in [0.4, 0.5) is 0 Å². The molecule has 0 unspecified atom stereocenters. The molecule has 0 radical (unpaired) electrons. The van der Waals surface area contributed by atoms with Gasteiger partial charge in [-0.25, -0.2) is 4.98 Å². The monoisotopic (exact) mass is 310 g/mol. The first-order valence-corrected chi connectivity index (χ1v) is 8.75. The number of thiazole rings is 1. The highest BCUT2D eigenvalue weighted by Crippen LogP contribution is 2.25. The molecule has 0 aromatic carbocycles. The summed E-state index contributed by atoms with van der Waals surface area (Å²) in [5, 5.41) is 5.90. The van der Waals surface area contributed by atoms with Crippen LogP contribution in [0.3, 0.4) is 0 Å². The highest BCUT2D eigenvalue weighted by molar-refractivity contribution is 7.09. The van der Waals surface area contributed by atoms with E-state index >= 15 is 0 Å². The highest BCUT2D eigenvalue weighted by Gasteiger charge is 2.19. The van der Waals surface area contributed by atoms with E-state index in [-0.39, 0.29) is 18.6 Å². The Hall–Kier alpha value is -0.940. The second-order valence-electron chi connectivity index (χ2n) is 6.29. The van der Waals surface area contributed by atoms with E-state index in [4.69, 9.17) is 4.74 Å². The molecule has 0 atom stereocenters. The minimum atomic E-state index is -0.0464. The lowest BCUT2D eigenvalue weighted by Gasteiger charge is -2.25. The highest BCUT2D eigenvalue weighted by atomic mass is 32.1. The molecule has 118 valence electrons. The van der Waals surface area contributed by atoms with Crippen LogP contribution in [0, 0.1) is 5.92 Å². The summed E-state index contributed by atoms with van der Waals surface area (Å²) >= 11 is 1.60. The van der Waals surface area contributed by atoms with Crippen molar-refractivity contribution < 1.29 is 9.53 Å². The molecule has 0 bridgehead atoms. The molecule has 0 saturated heterocycles. The number of nitrogens with one attached hydrogen (secondary N) is 1. The number of nitrogens with zero attached hydrogens (tertiary/aromatic N) is 1. The van der Waals surface area contributed by atoms with Crippen LogP contribution in [0.5, 0.6) is 0 Å². The zero-order chi connectivity index (χ0) is 15.2. The first-order valence-electron chi connectivity index (χ1n) is 7.87. The predicted octanol–water partition coefficient (Wildman–Crippen LogP) is 3.48. The van der Waals surface area contributed by atoms with Gasteiger partial charge in [0, 0.05) is 5.38 Å². The van der Waals surface area contributed by atoms with E-state index in [9.17, 15) is 4.79 Å².